The van der Waals surface area contributed by atoms with Crippen LogP contribution in [0.1, 0.15) is 31.9 Å². The van der Waals surface area contributed by atoms with E-state index in [1.807, 2.05) is 24.3 Å². The Morgan fingerprint density at radius 2 is 1.48 bits per heavy atom. The largest absolute Gasteiger partial charge is 0.496 e. The summed E-state index contributed by atoms with van der Waals surface area (Å²) in [5.74, 6) is 1.67. The molecule has 0 bridgehead atoms. The normalized spacial score (nSPS) is 11.7. The van der Waals surface area contributed by atoms with E-state index >= 15 is 0 Å². The monoisotopic (exact) mass is 317 g/mol. The van der Waals surface area contributed by atoms with Crippen LogP contribution in [0.5, 0.6) is 11.5 Å². The number of aliphatic hydroxyl groups is 1. The van der Waals surface area contributed by atoms with Gasteiger partial charge in [-0.25, -0.2) is 0 Å². The van der Waals surface area contributed by atoms with Crippen LogP contribution < -0.4 is 14.8 Å². The number of aliphatic hydroxyl groups excluding tert-OH is 1. The van der Waals surface area contributed by atoms with Gasteiger partial charge in [0.2, 0.25) is 0 Å². The Labute approximate surface area is 138 Å². The van der Waals surface area contributed by atoms with Crippen LogP contribution >= 0.6 is 0 Å². The van der Waals surface area contributed by atoms with E-state index in [2.05, 4.69) is 26.1 Å². The molecule has 0 saturated heterocycles. The number of benzene rings is 2. The number of hydrogen-bond donors (Lipinski definition) is 2. The molecular formula is C19H27NO3. The summed E-state index contributed by atoms with van der Waals surface area (Å²) in [5, 5.41) is 15.1. The van der Waals surface area contributed by atoms with Gasteiger partial charge in [0.25, 0.3) is 0 Å². The Morgan fingerprint density at radius 3 is 1.91 bits per heavy atom. The smallest absolute Gasteiger partial charge is 0.131 e. The topological polar surface area (TPSA) is 50.7 Å². The molecule has 0 aliphatic heterocycles. The van der Waals surface area contributed by atoms with Crippen LogP contribution in [-0.4, -0.2) is 31.5 Å². The Hall–Kier alpha value is -1.78. The van der Waals surface area contributed by atoms with Crippen LogP contribution in [0.2, 0.25) is 0 Å². The van der Waals surface area contributed by atoms with Crippen LogP contribution in [0.25, 0.3) is 10.8 Å². The summed E-state index contributed by atoms with van der Waals surface area (Å²) in [6.07, 6.45) is 0.533. The lowest BCUT2D eigenvalue weighted by Gasteiger charge is -2.25. The van der Waals surface area contributed by atoms with Crippen LogP contribution in [0.15, 0.2) is 24.3 Å². The lowest BCUT2D eigenvalue weighted by atomic mass is 9.95. The molecule has 0 atom stereocenters. The van der Waals surface area contributed by atoms with E-state index in [0.29, 0.717) is 13.0 Å². The maximum Gasteiger partial charge on any atom is 0.131 e. The zero-order chi connectivity index (χ0) is 17.0. The van der Waals surface area contributed by atoms with Gasteiger partial charge in [0.15, 0.2) is 0 Å². The first kappa shape index (κ1) is 17.6. The first-order valence-electron chi connectivity index (χ1n) is 7.93. The van der Waals surface area contributed by atoms with Crippen molar-refractivity contribution < 1.29 is 14.6 Å². The Bertz CT molecular complexity index is 674. The molecule has 4 nitrogen and oxygen atoms in total. The van der Waals surface area contributed by atoms with Gasteiger partial charge >= 0.3 is 0 Å². The highest BCUT2D eigenvalue weighted by Gasteiger charge is 2.21. The van der Waals surface area contributed by atoms with Crippen molar-refractivity contribution >= 4 is 10.8 Å². The third-order valence-corrected chi connectivity index (χ3v) is 3.89. The third kappa shape index (κ3) is 3.77. The molecule has 2 aromatic carbocycles. The number of ether oxygens (including phenoxy) is 2. The van der Waals surface area contributed by atoms with Crippen molar-refractivity contribution in [2.45, 2.75) is 39.3 Å². The van der Waals surface area contributed by atoms with Gasteiger partial charge in [-0.15, -0.1) is 0 Å². The summed E-state index contributed by atoms with van der Waals surface area (Å²) in [4.78, 5) is 0. The molecule has 0 spiro atoms. The van der Waals surface area contributed by atoms with E-state index in [4.69, 9.17) is 9.47 Å². The minimum atomic E-state index is -0.0135. The summed E-state index contributed by atoms with van der Waals surface area (Å²) in [6.45, 7) is 7.11. The Kier molecular flexibility index (Phi) is 5.50. The molecule has 2 N–H and O–H groups in total. The highest BCUT2D eigenvalue weighted by Crippen LogP contribution is 2.41. The van der Waals surface area contributed by atoms with Crippen molar-refractivity contribution in [2.75, 3.05) is 20.8 Å². The van der Waals surface area contributed by atoms with Gasteiger partial charge in [0, 0.05) is 40.6 Å². The first-order valence-corrected chi connectivity index (χ1v) is 7.93. The number of hydrogen-bond acceptors (Lipinski definition) is 4. The van der Waals surface area contributed by atoms with Gasteiger partial charge in [-0.05, 0) is 27.2 Å². The number of fused-ring (bicyclic) bond motifs is 1. The molecule has 0 aliphatic rings. The van der Waals surface area contributed by atoms with Crippen molar-refractivity contribution in [1.29, 1.82) is 0 Å². The number of rotatable bonds is 6. The van der Waals surface area contributed by atoms with Crippen molar-refractivity contribution in [2.24, 2.45) is 0 Å². The molecule has 0 heterocycles. The predicted molar refractivity (Wildman–Crippen MR) is 94.4 cm³/mol. The highest BCUT2D eigenvalue weighted by molar-refractivity contribution is 5.96. The molecule has 0 aromatic heterocycles. The molecule has 2 aromatic rings. The number of nitrogens with one attached hydrogen (secondary N) is 1. The van der Waals surface area contributed by atoms with Crippen molar-refractivity contribution in [3.05, 3.63) is 35.4 Å². The fraction of sp³-hybridized carbons (Fsp3) is 0.474. The van der Waals surface area contributed by atoms with Gasteiger partial charge in [0.05, 0.1) is 14.2 Å². The van der Waals surface area contributed by atoms with Gasteiger partial charge < -0.3 is 19.9 Å². The fourth-order valence-electron chi connectivity index (χ4n) is 2.86. The summed E-state index contributed by atoms with van der Waals surface area (Å²) in [7, 11) is 3.37. The Balaban J connectivity index is 2.71. The SMILES string of the molecule is COc1c(CCO)c(CNC(C)(C)C)c(OC)c2ccccc12. The van der Waals surface area contributed by atoms with Gasteiger partial charge in [-0.2, -0.15) is 0 Å². The quantitative estimate of drug-likeness (QED) is 0.858. The minimum absolute atomic E-state index is 0.0135. The molecule has 0 unspecified atom stereocenters. The average Bonchev–Trinajstić information content (AvgIpc) is 2.51. The van der Waals surface area contributed by atoms with Gasteiger partial charge in [-0.1, -0.05) is 24.3 Å². The fourth-order valence-corrected chi connectivity index (χ4v) is 2.86. The second-order valence-electron chi connectivity index (χ2n) is 6.65. The summed E-state index contributed by atoms with van der Waals surface area (Å²) in [5.41, 5.74) is 2.04. The number of methoxy groups -OCH3 is 2. The summed E-state index contributed by atoms with van der Waals surface area (Å²) >= 11 is 0. The van der Waals surface area contributed by atoms with Crippen molar-refractivity contribution in [1.82, 2.24) is 5.32 Å². The van der Waals surface area contributed by atoms with E-state index < -0.39 is 0 Å². The van der Waals surface area contributed by atoms with E-state index in [9.17, 15) is 5.11 Å². The van der Waals surface area contributed by atoms with Crippen molar-refractivity contribution in [3.63, 3.8) is 0 Å². The van der Waals surface area contributed by atoms with Gasteiger partial charge in [0.1, 0.15) is 11.5 Å². The minimum Gasteiger partial charge on any atom is -0.496 e. The van der Waals surface area contributed by atoms with Crippen LogP contribution in [0.3, 0.4) is 0 Å². The van der Waals surface area contributed by atoms with Crippen molar-refractivity contribution in [3.8, 4) is 11.5 Å². The highest BCUT2D eigenvalue weighted by atomic mass is 16.5. The molecule has 0 aliphatic carbocycles. The molecule has 0 saturated carbocycles. The molecule has 4 heteroatoms. The second kappa shape index (κ2) is 7.20. The summed E-state index contributed by atoms with van der Waals surface area (Å²) in [6, 6.07) is 8.05. The Morgan fingerprint density at radius 1 is 0.957 bits per heavy atom. The molecule has 0 amide bonds. The average molecular weight is 317 g/mol. The van der Waals surface area contributed by atoms with E-state index in [0.717, 1.165) is 33.4 Å². The first-order chi connectivity index (χ1) is 10.9. The van der Waals surface area contributed by atoms with E-state index in [1.165, 1.54) is 0 Å². The van der Waals surface area contributed by atoms with Crippen LogP contribution in [0, 0.1) is 0 Å². The van der Waals surface area contributed by atoms with E-state index in [-0.39, 0.29) is 12.1 Å². The lowest BCUT2D eigenvalue weighted by molar-refractivity contribution is 0.295. The maximum absolute atomic E-state index is 9.51. The molecule has 2 rings (SSSR count). The van der Waals surface area contributed by atoms with Crippen LogP contribution in [-0.2, 0) is 13.0 Å². The van der Waals surface area contributed by atoms with Gasteiger partial charge in [-0.3, -0.25) is 0 Å². The second-order valence-corrected chi connectivity index (χ2v) is 6.65. The standard InChI is InChI=1S/C19H27NO3/c1-19(2,3)20-12-16-15(10-11-21)17(22-4)13-8-6-7-9-14(13)18(16)23-5/h6-9,20-21H,10-12H2,1-5H3. The summed E-state index contributed by atoms with van der Waals surface area (Å²) < 4.78 is 11.4. The molecular weight excluding hydrogens is 290 g/mol. The van der Waals surface area contributed by atoms with E-state index in [1.54, 1.807) is 14.2 Å². The van der Waals surface area contributed by atoms with Crippen LogP contribution in [0.4, 0.5) is 0 Å². The molecule has 0 radical (unpaired) electrons. The zero-order valence-corrected chi connectivity index (χ0v) is 14.7. The zero-order valence-electron chi connectivity index (χ0n) is 14.7. The maximum atomic E-state index is 9.51. The predicted octanol–water partition coefficient (Wildman–Crippen LogP) is 3.28. The lowest BCUT2D eigenvalue weighted by Crippen LogP contribution is -2.35. The third-order valence-electron chi connectivity index (χ3n) is 3.89. The molecule has 0 fully saturated rings. The molecule has 23 heavy (non-hydrogen) atoms. The molecule has 126 valence electrons.